The zero-order valence-corrected chi connectivity index (χ0v) is 23.2. The first kappa shape index (κ1) is 28.8. The van der Waals surface area contributed by atoms with Gasteiger partial charge in [-0.2, -0.15) is 0 Å². The minimum atomic E-state index is -0.685. The van der Waals surface area contributed by atoms with Crippen molar-refractivity contribution >= 4 is 63.2 Å². The fourth-order valence-corrected chi connectivity index (χ4v) is 4.91. The van der Waals surface area contributed by atoms with Crippen molar-refractivity contribution in [3.63, 3.8) is 0 Å². The Morgan fingerprint density at radius 2 is 1.95 bits per heavy atom. The normalized spacial score (nSPS) is 16.1. The molecule has 2 aromatic carbocycles. The van der Waals surface area contributed by atoms with E-state index in [2.05, 4.69) is 20.6 Å². The summed E-state index contributed by atoms with van der Waals surface area (Å²) in [6, 6.07) is 16.8. The highest BCUT2D eigenvalue weighted by molar-refractivity contribution is 8.15. The van der Waals surface area contributed by atoms with E-state index in [1.54, 1.807) is 48.5 Å². The van der Waals surface area contributed by atoms with E-state index in [4.69, 9.17) is 16.3 Å². The summed E-state index contributed by atoms with van der Waals surface area (Å²) in [6.07, 6.45) is 2.04. The molecule has 13 heteroatoms. The van der Waals surface area contributed by atoms with E-state index in [1.807, 2.05) is 6.92 Å². The molecule has 0 bridgehead atoms. The van der Waals surface area contributed by atoms with Crippen LogP contribution in [-0.4, -0.2) is 56.7 Å². The van der Waals surface area contributed by atoms with E-state index in [0.29, 0.717) is 46.3 Å². The number of ether oxygens (including phenoxy) is 1. The van der Waals surface area contributed by atoms with Crippen molar-refractivity contribution in [3.8, 4) is 5.75 Å². The van der Waals surface area contributed by atoms with Gasteiger partial charge in [0.1, 0.15) is 23.0 Å². The van der Waals surface area contributed by atoms with Crippen molar-refractivity contribution in [2.24, 2.45) is 4.99 Å². The van der Waals surface area contributed by atoms with Gasteiger partial charge < -0.3 is 15.4 Å². The lowest BCUT2D eigenvalue weighted by Gasteiger charge is -2.32. The minimum absolute atomic E-state index is 0.0103. The first-order chi connectivity index (χ1) is 19.3. The molecule has 2 heterocycles. The number of nitrogens with one attached hydrogen (secondary N) is 2. The molecule has 1 aromatic heterocycles. The topological polar surface area (TPSA) is 139 Å². The van der Waals surface area contributed by atoms with E-state index in [-0.39, 0.29) is 30.5 Å². The Bertz CT molecular complexity index is 1370. The Labute approximate surface area is 240 Å². The van der Waals surface area contributed by atoms with E-state index in [1.165, 1.54) is 28.8 Å². The number of thioether (sulfide) groups is 1. The van der Waals surface area contributed by atoms with E-state index >= 15 is 0 Å². The summed E-state index contributed by atoms with van der Waals surface area (Å²) in [7, 11) is 0. The highest BCUT2D eigenvalue weighted by atomic mass is 35.5. The zero-order chi connectivity index (χ0) is 28.5. The van der Waals surface area contributed by atoms with E-state index in [9.17, 15) is 19.7 Å². The summed E-state index contributed by atoms with van der Waals surface area (Å²) in [6.45, 7) is 3.18. The molecule has 0 spiro atoms. The van der Waals surface area contributed by atoms with Gasteiger partial charge in [-0.25, -0.2) is 9.98 Å². The van der Waals surface area contributed by atoms with Crippen LogP contribution in [0.4, 0.5) is 22.9 Å². The summed E-state index contributed by atoms with van der Waals surface area (Å²) in [5, 5.41) is 17.0. The van der Waals surface area contributed by atoms with Crippen LogP contribution in [0.3, 0.4) is 0 Å². The Morgan fingerprint density at radius 1 is 1.20 bits per heavy atom. The fraction of sp³-hybridized carbons (Fsp3) is 0.259. The Balaban J connectivity index is 1.45. The Hall–Kier alpha value is -4.16. The lowest BCUT2D eigenvalue weighted by Crippen LogP contribution is -2.46. The van der Waals surface area contributed by atoms with Gasteiger partial charge in [-0.1, -0.05) is 30.3 Å². The third-order valence-electron chi connectivity index (χ3n) is 5.68. The third kappa shape index (κ3) is 7.93. The molecule has 4 rings (SSSR count). The summed E-state index contributed by atoms with van der Waals surface area (Å²) in [4.78, 5) is 46.8. The smallest absolute Gasteiger partial charge is 0.287 e. The number of nitrogens with zero attached hydrogens (tertiary/aromatic N) is 4. The number of pyridine rings is 1. The molecular formula is C27H27ClN6O5S. The molecule has 1 saturated heterocycles. The number of benzene rings is 2. The number of carbonyl (C=O) groups excluding carboxylic acids is 2. The number of amidine groups is 1. The molecule has 2 N–H and O–H groups in total. The number of anilines is 2. The second kappa shape index (κ2) is 13.8. The van der Waals surface area contributed by atoms with Crippen LogP contribution in [0.5, 0.6) is 5.75 Å². The maximum absolute atomic E-state index is 13.2. The number of aromatic nitrogens is 1. The van der Waals surface area contributed by atoms with Crippen LogP contribution in [0.1, 0.15) is 19.8 Å². The van der Waals surface area contributed by atoms with E-state index < -0.39 is 10.2 Å². The number of carbonyl (C=O) groups is 2. The molecule has 1 fully saturated rings. The predicted octanol–water partition coefficient (Wildman–Crippen LogP) is 5.50. The van der Waals surface area contributed by atoms with Gasteiger partial charge in [0.25, 0.3) is 5.69 Å². The average Bonchev–Trinajstić information content (AvgIpc) is 2.95. The molecule has 1 aliphatic rings. The molecular weight excluding hydrogens is 556 g/mol. The highest BCUT2D eigenvalue weighted by Crippen LogP contribution is 2.30. The highest BCUT2D eigenvalue weighted by Gasteiger charge is 2.35. The molecule has 0 unspecified atom stereocenters. The summed E-state index contributed by atoms with van der Waals surface area (Å²) < 4.78 is 5.58. The number of hydrogen-bond donors (Lipinski definition) is 2. The molecule has 0 aliphatic carbocycles. The lowest BCUT2D eigenvalue weighted by molar-refractivity contribution is -0.385. The van der Waals surface area contributed by atoms with Gasteiger partial charge in [0.2, 0.25) is 11.8 Å². The SMILES string of the molecule is CCCOc1ccc(NC(=O)[C@@H]2CC(=O)N(CCNc3ccc([N+](=O)[O-])cn3)C(=Nc3ccc(Cl)cc3)S2)cc1. The number of nitro groups is 1. The summed E-state index contributed by atoms with van der Waals surface area (Å²) >= 11 is 7.21. The van der Waals surface area contributed by atoms with Crippen LogP contribution in [0, 0.1) is 10.1 Å². The number of amides is 2. The average molecular weight is 583 g/mol. The number of hydrogen-bond acceptors (Lipinski definition) is 9. The van der Waals surface area contributed by atoms with Gasteiger partial charge in [0, 0.05) is 36.3 Å². The van der Waals surface area contributed by atoms with Crippen LogP contribution < -0.4 is 15.4 Å². The molecule has 1 aliphatic heterocycles. The zero-order valence-electron chi connectivity index (χ0n) is 21.6. The standard InChI is InChI=1S/C27H27ClN6O5S/c1-2-15-39-22-10-7-19(8-11-22)31-26(36)23-16-25(35)33(27(40-23)32-20-5-3-18(28)4-6-20)14-13-29-24-12-9-21(17-30-24)34(37)38/h3-12,17,23H,2,13-16H2,1H3,(H,29,30)(H,31,36)/t23-/m0/s1. The second-order valence-corrected chi connectivity index (χ2v) is 10.3. The maximum atomic E-state index is 13.2. The maximum Gasteiger partial charge on any atom is 0.287 e. The van der Waals surface area contributed by atoms with Crippen molar-refractivity contribution in [3.05, 3.63) is 82.0 Å². The first-order valence-electron chi connectivity index (χ1n) is 12.5. The Kier molecular flexibility index (Phi) is 9.92. The van der Waals surface area contributed by atoms with Crippen molar-refractivity contribution in [1.29, 1.82) is 0 Å². The quantitative estimate of drug-likeness (QED) is 0.223. The number of rotatable bonds is 11. The number of halogens is 1. The monoisotopic (exact) mass is 582 g/mol. The van der Waals surface area contributed by atoms with Crippen molar-refractivity contribution in [2.75, 3.05) is 30.3 Å². The van der Waals surface area contributed by atoms with Gasteiger partial charge >= 0.3 is 0 Å². The van der Waals surface area contributed by atoms with Gasteiger partial charge in [-0.15, -0.1) is 0 Å². The molecule has 0 saturated carbocycles. The van der Waals surface area contributed by atoms with Crippen LogP contribution in [0.25, 0.3) is 0 Å². The third-order valence-corrected chi connectivity index (χ3v) is 7.12. The fourth-order valence-electron chi connectivity index (χ4n) is 3.66. The minimum Gasteiger partial charge on any atom is -0.494 e. The van der Waals surface area contributed by atoms with Gasteiger partial charge in [0.05, 0.1) is 17.2 Å². The van der Waals surface area contributed by atoms with Gasteiger partial charge in [0.15, 0.2) is 5.17 Å². The van der Waals surface area contributed by atoms with Crippen LogP contribution in [-0.2, 0) is 9.59 Å². The molecule has 0 radical (unpaired) electrons. The van der Waals surface area contributed by atoms with Crippen molar-refractivity contribution in [2.45, 2.75) is 25.0 Å². The molecule has 2 amide bonds. The van der Waals surface area contributed by atoms with Crippen LogP contribution in [0.2, 0.25) is 5.02 Å². The summed E-state index contributed by atoms with van der Waals surface area (Å²) in [5.74, 6) is 0.584. The van der Waals surface area contributed by atoms with Crippen LogP contribution >= 0.6 is 23.4 Å². The van der Waals surface area contributed by atoms with Gasteiger partial charge in [-0.05, 0) is 61.0 Å². The molecule has 3 aromatic rings. The van der Waals surface area contributed by atoms with Crippen molar-refractivity contribution in [1.82, 2.24) is 9.88 Å². The number of aliphatic imine (C=N–C) groups is 1. The Morgan fingerprint density at radius 3 is 2.60 bits per heavy atom. The molecule has 11 nitrogen and oxygen atoms in total. The largest absolute Gasteiger partial charge is 0.494 e. The summed E-state index contributed by atoms with van der Waals surface area (Å²) in [5.41, 5.74) is 1.06. The first-order valence-corrected chi connectivity index (χ1v) is 13.8. The predicted molar refractivity (Wildman–Crippen MR) is 156 cm³/mol. The second-order valence-electron chi connectivity index (χ2n) is 8.67. The molecule has 40 heavy (non-hydrogen) atoms. The molecule has 208 valence electrons. The van der Waals surface area contributed by atoms with Crippen LogP contribution in [0.15, 0.2) is 71.9 Å². The molecule has 1 atom stereocenters. The lowest BCUT2D eigenvalue weighted by atomic mass is 10.2. The van der Waals surface area contributed by atoms with E-state index in [0.717, 1.165) is 12.6 Å². The van der Waals surface area contributed by atoms with Crippen molar-refractivity contribution < 1.29 is 19.2 Å². The van der Waals surface area contributed by atoms with Gasteiger partial charge in [-0.3, -0.25) is 24.6 Å².